The van der Waals surface area contributed by atoms with Crippen LogP contribution in [0.1, 0.15) is 16.7 Å². The molecule has 2 aromatic rings. The first kappa shape index (κ1) is 17.0. The minimum atomic E-state index is -3.82. The van der Waals surface area contributed by atoms with Crippen molar-refractivity contribution in [2.24, 2.45) is 5.14 Å². The van der Waals surface area contributed by atoms with E-state index in [0.29, 0.717) is 17.7 Å². The van der Waals surface area contributed by atoms with Gasteiger partial charge in [0, 0.05) is 10.6 Å². The Bertz CT molecular complexity index is 923. The molecule has 126 valence electrons. The van der Waals surface area contributed by atoms with Crippen LogP contribution in [0.4, 0.5) is 5.69 Å². The number of nitrogens with one attached hydrogen (secondary N) is 1. The number of hydrogen-bond donors (Lipinski definition) is 2. The van der Waals surface area contributed by atoms with Gasteiger partial charge in [0.15, 0.2) is 0 Å². The molecule has 7 heteroatoms. The van der Waals surface area contributed by atoms with Crippen LogP contribution in [-0.2, 0) is 21.2 Å². The maximum Gasteiger partial charge on any atom is 0.238 e. The van der Waals surface area contributed by atoms with Crippen molar-refractivity contribution in [1.29, 1.82) is 0 Å². The molecule has 1 amide bonds. The van der Waals surface area contributed by atoms with Gasteiger partial charge in [0.2, 0.25) is 15.9 Å². The number of rotatable bonds is 3. The molecule has 0 aliphatic carbocycles. The van der Waals surface area contributed by atoms with Gasteiger partial charge in [0.25, 0.3) is 0 Å². The van der Waals surface area contributed by atoms with E-state index in [1.54, 1.807) is 19.1 Å². The number of carbonyl (C=O) groups excluding carboxylic acids is 1. The van der Waals surface area contributed by atoms with Crippen LogP contribution in [0, 0.1) is 13.8 Å². The molecule has 1 unspecified atom stereocenters. The second kappa shape index (κ2) is 6.23. The van der Waals surface area contributed by atoms with Crippen LogP contribution in [0.2, 0.25) is 0 Å². The van der Waals surface area contributed by atoms with Gasteiger partial charge in [-0.15, -0.1) is 11.8 Å². The lowest BCUT2D eigenvalue weighted by Crippen LogP contribution is -2.25. The highest BCUT2D eigenvalue weighted by atomic mass is 32.2. The highest BCUT2D eigenvalue weighted by molar-refractivity contribution is 8.01. The lowest BCUT2D eigenvalue weighted by molar-refractivity contribution is -0.115. The van der Waals surface area contributed by atoms with Gasteiger partial charge in [0.1, 0.15) is 0 Å². The Kier molecular flexibility index (Phi) is 4.42. The maximum atomic E-state index is 12.5. The third-order valence-corrected chi connectivity index (χ3v) is 6.30. The molecule has 0 fully saturated rings. The van der Waals surface area contributed by atoms with E-state index >= 15 is 0 Å². The Morgan fingerprint density at radius 2 is 1.96 bits per heavy atom. The number of hydrogen-bond acceptors (Lipinski definition) is 4. The van der Waals surface area contributed by atoms with E-state index in [9.17, 15) is 13.2 Å². The van der Waals surface area contributed by atoms with Gasteiger partial charge < -0.3 is 5.32 Å². The Balaban J connectivity index is 1.77. The molecule has 1 atom stereocenters. The number of fused-ring (bicyclic) bond motifs is 1. The molecule has 1 aliphatic rings. The number of benzene rings is 2. The zero-order valence-electron chi connectivity index (χ0n) is 13.4. The summed E-state index contributed by atoms with van der Waals surface area (Å²) in [6.45, 7) is 3.69. The third-order valence-electron chi connectivity index (χ3n) is 3.95. The Labute approximate surface area is 145 Å². The third kappa shape index (κ3) is 3.48. The number of anilines is 1. The first-order chi connectivity index (χ1) is 11.2. The molecule has 24 heavy (non-hydrogen) atoms. The van der Waals surface area contributed by atoms with Crippen LogP contribution in [0.3, 0.4) is 0 Å². The SMILES string of the molecule is Cc1ccc2c(c1)SC(C(=O)Nc1ccc(C)c(S(N)(=O)=O)c1)C2. The standard InChI is InChI=1S/C17H18N2O3S2/c1-10-3-5-12-8-15(23-14(12)7-10)17(20)19-13-6-4-11(2)16(9-13)24(18,21)22/h3-7,9,15H,8H2,1-2H3,(H,19,20)(H2,18,21,22). The molecular weight excluding hydrogens is 344 g/mol. The summed E-state index contributed by atoms with van der Waals surface area (Å²) < 4.78 is 23.2. The van der Waals surface area contributed by atoms with Crippen LogP contribution >= 0.6 is 11.8 Å². The minimum absolute atomic E-state index is 0.0262. The highest BCUT2D eigenvalue weighted by Crippen LogP contribution is 2.38. The number of amides is 1. The molecule has 0 saturated heterocycles. The van der Waals surface area contributed by atoms with Crippen molar-refractivity contribution >= 4 is 33.4 Å². The highest BCUT2D eigenvalue weighted by Gasteiger charge is 2.28. The smallest absolute Gasteiger partial charge is 0.238 e. The predicted octanol–water partition coefficient (Wildman–Crippen LogP) is 2.61. The lowest BCUT2D eigenvalue weighted by atomic mass is 10.1. The van der Waals surface area contributed by atoms with Crippen molar-refractivity contribution in [2.45, 2.75) is 35.3 Å². The molecule has 0 bridgehead atoms. The molecule has 0 aromatic heterocycles. The predicted molar refractivity (Wildman–Crippen MR) is 95.7 cm³/mol. The van der Waals surface area contributed by atoms with Crippen molar-refractivity contribution in [3.05, 3.63) is 53.1 Å². The Morgan fingerprint density at radius 1 is 1.21 bits per heavy atom. The first-order valence-electron chi connectivity index (χ1n) is 7.44. The van der Waals surface area contributed by atoms with Gasteiger partial charge in [-0.05, 0) is 49.6 Å². The molecule has 2 aromatic carbocycles. The summed E-state index contributed by atoms with van der Waals surface area (Å²) in [5, 5.41) is 7.78. The normalized spacial score (nSPS) is 16.7. The molecule has 0 spiro atoms. The summed E-state index contributed by atoms with van der Waals surface area (Å²) in [4.78, 5) is 13.7. The summed E-state index contributed by atoms with van der Waals surface area (Å²) >= 11 is 1.54. The fourth-order valence-corrected chi connectivity index (χ4v) is 4.79. The van der Waals surface area contributed by atoms with Crippen molar-refractivity contribution in [3.63, 3.8) is 0 Å². The molecule has 3 N–H and O–H groups in total. The van der Waals surface area contributed by atoms with Crippen LogP contribution in [0.15, 0.2) is 46.2 Å². The monoisotopic (exact) mass is 362 g/mol. The van der Waals surface area contributed by atoms with Crippen molar-refractivity contribution in [1.82, 2.24) is 0 Å². The molecule has 1 aliphatic heterocycles. The molecule has 0 radical (unpaired) electrons. The van der Waals surface area contributed by atoms with Gasteiger partial charge in [-0.2, -0.15) is 0 Å². The van der Waals surface area contributed by atoms with E-state index in [1.165, 1.54) is 29.0 Å². The number of nitrogens with two attached hydrogens (primary N) is 1. The molecule has 1 heterocycles. The topological polar surface area (TPSA) is 89.3 Å². The fourth-order valence-electron chi connectivity index (χ4n) is 2.69. The number of primary sulfonamides is 1. The fraction of sp³-hybridized carbons (Fsp3) is 0.235. The van der Waals surface area contributed by atoms with Crippen LogP contribution < -0.4 is 10.5 Å². The van der Waals surface area contributed by atoms with Crippen molar-refractivity contribution in [2.75, 3.05) is 5.32 Å². The summed E-state index contributed by atoms with van der Waals surface area (Å²) in [7, 11) is -3.82. The average molecular weight is 362 g/mol. The van der Waals surface area contributed by atoms with Crippen LogP contribution in [0.25, 0.3) is 0 Å². The van der Waals surface area contributed by atoms with E-state index in [-0.39, 0.29) is 16.1 Å². The van der Waals surface area contributed by atoms with E-state index in [2.05, 4.69) is 17.4 Å². The summed E-state index contributed by atoms with van der Waals surface area (Å²) in [6, 6.07) is 10.9. The van der Waals surface area contributed by atoms with Gasteiger partial charge in [-0.25, -0.2) is 13.6 Å². The van der Waals surface area contributed by atoms with Gasteiger partial charge >= 0.3 is 0 Å². The summed E-state index contributed by atoms with van der Waals surface area (Å²) in [5.74, 6) is -0.141. The van der Waals surface area contributed by atoms with Crippen molar-refractivity contribution in [3.8, 4) is 0 Å². The Hall–Kier alpha value is -1.83. The molecular formula is C17H18N2O3S2. The number of aryl methyl sites for hydroxylation is 2. The van der Waals surface area contributed by atoms with Gasteiger partial charge in [0.05, 0.1) is 10.1 Å². The second-order valence-corrected chi connectivity index (χ2v) is 8.71. The van der Waals surface area contributed by atoms with Crippen molar-refractivity contribution < 1.29 is 13.2 Å². The molecule has 0 saturated carbocycles. The van der Waals surface area contributed by atoms with Crippen LogP contribution in [0.5, 0.6) is 0 Å². The van der Waals surface area contributed by atoms with Gasteiger partial charge in [-0.3, -0.25) is 4.79 Å². The summed E-state index contributed by atoms with van der Waals surface area (Å²) in [6.07, 6.45) is 0.667. The molecule has 3 rings (SSSR count). The van der Waals surface area contributed by atoms with E-state index in [0.717, 1.165) is 4.90 Å². The van der Waals surface area contributed by atoms with E-state index in [1.807, 2.05) is 13.0 Å². The van der Waals surface area contributed by atoms with Crippen LogP contribution in [-0.4, -0.2) is 19.6 Å². The zero-order chi connectivity index (χ0) is 17.5. The first-order valence-corrected chi connectivity index (χ1v) is 9.87. The number of thioether (sulfide) groups is 1. The minimum Gasteiger partial charge on any atom is -0.325 e. The van der Waals surface area contributed by atoms with E-state index < -0.39 is 10.0 Å². The number of sulfonamides is 1. The number of carbonyl (C=O) groups is 1. The average Bonchev–Trinajstić information content (AvgIpc) is 2.91. The largest absolute Gasteiger partial charge is 0.325 e. The molecule has 5 nitrogen and oxygen atoms in total. The van der Waals surface area contributed by atoms with Gasteiger partial charge in [-0.1, -0.05) is 23.8 Å². The quantitative estimate of drug-likeness (QED) is 0.878. The van der Waals surface area contributed by atoms with E-state index in [4.69, 9.17) is 5.14 Å². The maximum absolute atomic E-state index is 12.5. The second-order valence-electron chi connectivity index (χ2n) is 5.94. The summed E-state index contributed by atoms with van der Waals surface area (Å²) in [5.41, 5.74) is 3.31. The Morgan fingerprint density at radius 3 is 2.67 bits per heavy atom. The lowest BCUT2D eigenvalue weighted by Gasteiger charge is -2.12. The zero-order valence-corrected chi connectivity index (χ0v) is 15.0.